The van der Waals surface area contributed by atoms with Crippen molar-refractivity contribution < 1.29 is 4.79 Å². The van der Waals surface area contributed by atoms with Gasteiger partial charge in [-0.25, -0.2) is 0 Å². The molecule has 0 bridgehead atoms. The first-order valence-electron chi connectivity index (χ1n) is 5.65. The second kappa shape index (κ2) is 5.67. The molecule has 0 aliphatic rings. The summed E-state index contributed by atoms with van der Waals surface area (Å²) in [5, 5.41) is 2.93. The molecule has 0 atom stereocenters. The first kappa shape index (κ1) is 13.3. The van der Waals surface area contributed by atoms with Crippen molar-refractivity contribution in [2.45, 2.75) is 20.3 Å². The van der Waals surface area contributed by atoms with Gasteiger partial charge in [0.1, 0.15) is 0 Å². The molecule has 1 aromatic heterocycles. The van der Waals surface area contributed by atoms with Gasteiger partial charge in [0, 0.05) is 10.6 Å². The Balaban J connectivity index is 2.02. The van der Waals surface area contributed by atoms with E-state index in [2.05, 4.69) is 27.3 Å². The van der Waals surface area contributed by atoms with Crippen LogP contribution in [0, 0.1) is 13.8 Å². The highest BCUT2D eigenvalue weighted by Gasteiger charge is 2.06. The van der Waals surface area contributed by atoms with E-state index in [-0.39, 0.29) is 5.91 Å². The molecule has 2 aromatic rings. The highest BCUT2D eigenvalue weighted by Crippen LogP contribution is 2.23. The summed E-state index contributed by atoms with van der Waals surface area (Å²) in [6, 6.07) is 9.98. The van der Waals surface area contributed by atoms with E-state index in [1.165, 1.54) is 0 Å². The van der Waals surface area contributed by atoms with Gasteiger partial charge in [-0.2, -0.15) is 0 Å². The van der Waals surface area contributed by atoms with Crippen LogP contribution in [0.4, 0.5) is 5.69 Å². The van der Waals surface area contributed by atoms with Gasteiger partial charge in [-0.05, 0) is 65.2 Å². The maximum absolute atomic E-state index is 11.9. The van der Waals surface area contributed by atoms with Crippen molar-refractivity contribution in [3.63, 3.8) is 0 Å². The van der Waals surface area contributed by atoms with Crippen LogP contribution in [-0.4, -0.2) is 5.91 Å². The molecule has 0 saturated carbocycles. The fourth-order valence-electron chi connectivity index (χ4n) is 1.86. The molecule has 0 aliphatic heterocycles. The Morgan fingerprint density at radius 1 is 1.22 bits per heavy atom. The maximum Gasteiger partial charge on any atom is 0.229 e. The zero-order valence-electron chi connectivity index (χ0n) is 10.3. The predicted octanol–water partition coefficient (Wildman–Crippen LogP) is 4.31. The molecule has 2 nitrogen and oxygen atoms in total. The smallest absolute Gasteiger partial charge is 0.229 e. The number of anilines is 1. The van der Waals surface area contributed by atoms with Gasteiger partial charge in [0.25, 0.3) is 0 Å². The quantitative estimate of drug-likeness (QED) is 0.896. The Bertz CT molecular complexity index is 557. The summed E-state index contributed by atoms with van der Waals surface area (Å²) in [5.74, 6) is 0.0225. The molecule has 4 heteroatoms. The molecular weight excluding hydrogens is 310 g/mol. The molecule has 1 N–H and O–H groups in total. The molecule has 0 aliphatic carbocycles. The van der Waals surface area contributed by atoms with Gasteiger partial charge < -0.3 is 5.32 Å². The summed E-state index contributed by atoms with van der Waals surface area (Å²) in [4.78, 5) is 13.0. The van der Waals surface area contributed by atoms with E-state index < -0.39 is 0 Å². The molecule has 0 fully saturated rings. The van der Waals surface area contributed by atoms with Crippen molar-refractivity contribution in [1.82, 2.24) is 0 Å². The van der Waals surface area contributed by atoms with Crippen LogP contribution in [0.5, 0.6) is 0 Å². The van der Waals surface area contributed by atoms with E-state index in [0.29, 0.717) is 6.42 Å². The van der Waals surface area contributed by atoms with Crippen molar-refractivity contribution in [1.29, 1.82) is 0 Å². The van der Waals surface area contributed by atoms with E-state index >= 15 is 0 Å². The van der Waals surface area contributed by atoms with Crippen molar-refractivity contribution >= 4 is 38.9 Å². The molecule has 1 heterocycles. The van der Waals surface area contributed by atoms with Gasteiger partial charge in [-0.1, -0.05) is 6.07 Å². The predicted molar refractivity (Wildman–Crippen MR) is 80.3 cm³/mol. The summed E-state index contributed by atoms with van der Waals surface area (Å²) in [6.45, 7) is 4.05. The highest BCUT2D eigenvalue weighted by atomic mass is 79.9. The van der Waals surface area contributed by atoms with Crippen molar-refractivity contribution in [3.8, 4) is 0 Å². The van der Waals surface area contributed by atoms with Crippen molar-refractivity contribution in [2.24, 2.45) is 0 Å². The highest BCUT2D eigenvalue weighted by molar-refractivity contribution is 9.11. The van der Waals surface area contributed by atoms with Crippen LogP contribution in [0.25, 0.3) is 0 Å². The average molecular weight is 324 g/mol. The number of carbonyl (C=O) groups excluding carboxylic acids is 1. The average Bonchev–Trinajstić information content (AvgIpc) is 2.61. The fourth-order valence-corrected chi connectivity index (χ4v) is 3.34. The molecule has 0 radical (unpaired) electrons. The third-order valence-electron chi connectivity index (χ3n) is 2.47. The monoisotopic (exact) mass is 323 g/mol. The van der Waals surface area contributed by atoms with Crippen LogP contribution >= 0.6 is 27.3 Å². The van der Waals surface area contributed by atoms with Gasteiger partial charge >= 0.3 is 0 Å². The molecule has 0 spiro atoms. The second-order valence-corrected chi connectivity index (χ2v) is 6.85. The van der Waals surface area contributed by atoms with Gasteiger partial charge in [0.15, 0.2) is 0 Å². The number of aryl methyl sites for hydroxylation is 2. The summed E-state index contributed by atoms with van der Waals surface area (Å²) >= 11 is 4.98. The number of rotatable bonds is 3. The van der Waals surface area contributed by atoms with E-state index in [9.17, 15) is 4.79 Å². The topological polar surface area (TPSA) is 29.1 Å². The molecule has 1 amide bonds. The Kier molecular flexibility index (Phi) is 4.19. The lowest BCUT2D eigenvalue weighted by atomic mass is 10.1. The first-order valence-corrected chi connectivity index (χ1v) is 7.26. The third kappa shape index (κ3) is 3.68. The van der Waals surface area contributed by atoms with Gasteiger partial charge in [0.05, 0.1) is 10.2 Å². The molecule has 1 aromatic carbocycles. The lowest BCUT2D eigenvalue weighted by molar-refractivity contribution is -0.115. The lowest BCUT2D eigenvalue weighted by Crippen LogP contribution is -2.13. The second-order valence-electron chi connectivity index (χ2n) is 4.31. The van der Waals surface area contributed by atoms with Crippen molar-refractivity contribution in [2.75, 3.05) is 5.32 Å². The Morgan fingerprint density at radius 3 is 2.44 bits per heavy atom. The van der Waals surface area contributed by atoms with E-state index in [1.807, 2.05) is 38.1 Å². The first-order chi connectivity index (χ1) is 8.52. The molecule has 94 valence electrons. The van der Waals surface area contributed by atoms with Crippen LogP contribution in [0.15, 0.2) is 34.1 Å². The minimum absolute atomic E-state index is 0.0225. The van der Waals surface area contributed by atoms with Gasteiger partial charge in [-0.15, -0.1) is 11.3 Å². The van der Waals surface area contributed by atoms with Crippen LogP contribution in [0.3, 0.4) is 0 Å². The van der Waals surface area contributed by atoms with Crippen LogP contribution < -0.4 is 5.32 Å². The number of benzene rings is 1. The Morgan fingerprint density at radius 2 is 1.89 bits per heavy atom. The SMILES string of the molecule is Cc1cc(C)cc(NC(=O)Cc2ccc(Br)s2)c1. The summed E-state index contributed by atoms with van der Waals surface area (Å²) in [6.07, 6.45) is 0.420. The largest absolute Gasteiger partial charge is 0.326 e. The van der Waals surface area contributed by atoms with E-state index in [4.69, 9.17) is 0 Å². The van der Waals surface area contributed by atoms with Crippen LogP contribution in [0.2, 0.25) is 0 Å². The fraction of sp³-hybridized carbons (Fsp3) is 0.214. The third-order valence-corrected chi connectivity index (χ3v) is 4.09. The number of hydrogen-bond acceptors (Lipinski definition) is 2. The molecule has 0 saturated heterocycles. The number of nitrogens with one attached hydrogen (secondary N) is 1. The standard InChI is InChI=1S/C14H14BrNOS/c1-9-5-10(2)7-11(6-9)16-14(17)8-12-3-4-13(15)18-12/h3-7H,8H2,1-2H3,(H,16,17). The van der Waals surface area contributed by atoms with Gasteiger partial charge in [0.2, 0.25) is 5.91 Å². The van der Waals surface area contributed by atoms with Gasteiger partial charge in [-0.3, -0.25) is 4.79 Å². The summed E-state index contributed by atoms with van der Waals surface area (Å²) in [5.41, 5.74) is 3.18. The minimum Gasteiger partial charge on any atom is -0.326 e. The van der Waals surface area contributed by atoms with E-state index in [1.54, 1.807) is 11.3 Å². The number of carbonyl (C=O) groups is 1. The molecule has 18 heavy (non-hydrogen) atoms. The molecule has 0 unspecified atom stereocenters. The van der Waals surface area contributed by atoms with Crippen LogP contribution in [-0.2, 0) is 11.2 Å². The number of halogens is 1. The van der Waals surface area contributed by atoms with E-state index in [0.717, 1.165) is 25.5 Å². The minimum atomic E-state index is 0.0225. The van der Waals surface area contributed by atoms with Crippen molar-refractivity contribution in [3.05, 3.63) is 50.1 Å². The number of amides is 1. The summed E-state index contributed by atoms with van der Waals surface area (Å²) < 4.78 is 1.05. The molecular formula is C14H14BrNOS. The lowest BCUT2D eigenvalue weighted by Gasteiger charge is -2.06. The van der Waals surface area contributed by atoms with Crippen LogP contribution in [0.1, 0.15) is 16.0 Å². The Hall–Kier alpha value is -1.13. The normalized spacial score (nSPS) is 10.4. The summed E-state index contributed by atoms with van der Waals surface area (Å²) in [7, 11) is 0. The number of thiophene rings is 1. The molecule has 2 rings (SSSR count). The zero-order chi connectivity index (χ0) is 13.1. The Labute approximate surface area is 119 Å². The maximum atomic E-state index is 11.9. The zero-order valence-corrected chi connectivity index (χ0v) is 12.7. The number of hydrogen-bond donors (Lipinski definition) is 1.